The Kier molecular flexibility index (Phi) is 4.40. The molecule has 1 atom stereocenters. The van der Waals surface area contributed by atoms with Gasteiger partial charge in [-0.1, -0.05) is 15.9 Å². The molecule has 0 heterocycles. The topological polar surface area (TPSA) is 55.8 Å². The van der Waals surface area contributed by atoms with Gasteiger partial charge in [0, 0.05) is 15.6 Å². The van der Waals surface area contributed by atoms with Crippen LogP contribution in [0.3, 0.4) is 0 Å². The number of hydrogen-bond acceptors (Lipinski definition) is 3. The van der Waals surface area contributed by atoms with Crippen molar-refractivity contribution in [1.82, 2.24) is 0 Å². The Morgan fingerprint density at radius 1 is 1.35 bits per heavy atom. The van der Waals surface area contributed by atoms with E-state index in [4.69, 9.17) is 14.6 Å². The SMILES string of the molecule is COc1c(C(C)C(=O)O)cc(Br)c(C)c1OC. The summed E-state index contributed by atoms with van der Waals surface area (Å²) in [5.41, 5.74) is 1.47. The monoisotopic (exact) mass is 302 g/mol. The molecule has 5 heteroatoms. The van der Waals surface area contributed by atoms with E-state index >= 15 is 0 Å². The van der Waals surface area contributed by atoms with Gasteiger partial charge in [0.25, 0.3) is 0 Å². The number of carboxylic acid groups (broad SMARTS) is 1. The number of halogens is 1. The van der Waals surface area contributed by atoms with E-state index in [0.717, 1.165) is 10.0 Å². The second kappa shape index (κ2) is 5.40. The van der Waals surface area contributed by atoms with E-state index in [9.17, 15) is 4.79 Å². The summed E-state index contributed by atoms with van der Waals surface area (Å²) in [6.45, 7) is 3.49. The zero-order chi connectivity index (χ0) is 13.2. The lowest BCUT2D eigenvalue weighted by Crippen LogP contribution is -2.10. The van der Waals surface area contributed by atoms with Crippen molar-refractivity contribution in [2.45, 2.75) is 19.8 Å². The maximum Gasteiger partial charge on any atom is 0.310 e. The van der Waals surface area contributed by atoms with Crippen LogP contribution in [0.1, 0.15) is 24.0 Å². The summed E-state index contributed by atoms with van der Waals surface area (Å²) in [5.74, 6) is -0.523. The minimum Gasteiger partial charge on any atom is -0.493 e. The van der Waals surface area contributed by atoms with Gasteiger partial charge < -0.3 is 14.6 Å². The van der Waals surface area contributed by atoms with E-state index in [0.29, 0.717) is 17.1 Å². The lowest BCUT2D eigenvalue weighted by atomic mass is 9.98. The average Bonchev–Trinajstić information content (AvgIpc) is 2.30. The number of aliphatic carboxylic acids is 1. The molecule has 0 fully saturated rings. The summed E-state index contributed by atoms with van der Waals surface area (Å²) >= 11 is 3.39. The van der Waals surface area contributed by atoms with Crippen LogP contribution in [0.15, 0.2) is 10.5 Å². The summed E-state index contributed by atoms with van der Waals surface area (Å²) in [6.07, 6.45) is 0. The summed E-state index contributed by atoms with van der Waals surface area (Å²) in [7, 11) is 3.04. The minimum atomic E-state index is -0.902. The molecule has 1 rings (SSSR count). The van der Waals surface area contributed by atoms with E-state index in [1.807, 2.05) is 6.92 Å². The lowest BCUT2D eigenvalue weighted by Gasteiger charge is -2.18. The standard InChI is InChI=1S/C12H15BrO4/c1-6(12(14)15)8-5-9(13)7(2)10(16-3)11(8)17-4/h5-6H,1-4H3,(H,14,15). The van der Waals surface area contributed by atoms with Crippen molar-refractivity contribution in [2.75, 3.05) is 14.2 Å². The molecule has 1 aromatic rings. The number of benzene rings is 1. The van der Waals surface area contributed by atoms with Gasteiger partial charge in [0.1, 0.15) is 0 Å². The third-order valence-electron chi connectivity index (χ3n) is 2.69. The molecule has 1 N–H and O–H groups in total. The van der Waals surface area contributed by atoms with Crippen LogP contribution in [0, 0.1) is 6.92 Å². The Hall–Kier alpha value is -1.23. The van der Waals surface area contributed by atoms with Crippen molar-refractivity contribution in [3.05, 3.63) is 21.7 Å². The van der Waals surface area contributed by atoms with Gasteiger partial charge in [-0.15, -0.1) is 0 Å². The second-order valence-electron chi connectivity index (χ2n) is 3.70. The highest BCUT2D eigenvalue weighted by atomic mass is 79.9. The number of rotatable bonds is 4. The highest BCUT2D eigenvalue weighted by Gasteiger charge is 2.23. The van der Waals surface area contributed by atoms with Crippen LogP contribution in [0.4, 0.5) is 0 Å². The largest absolute Gasteiger partial charge is 0.493 e. The van der Waals surface area contributed by atoms with Crippen LogP contribution in [0.25, 0.3) is 0 Å². The molecule has 0 aliphatic heterocycles. The fraction of sp³-hybridized carbons (Fsp3) is 0.417. The molecule has 0 saturated carbocycles. The number of methoxy groups -OCH3 is 2. The normalized spacial score (nSPS) is 12.1. The van der Waals surface area contributed by atoms with Crippen LogP contribution < -0.4 is 9.47 Å². The Bertz CT molecular complexity index is 443. The molecular weight excluding hydrogens is 288 g/mol. The van der Waals surface area contributed by atoms with Crippen molar-refractivity contribution in [1.29, 1.82) is 0 Å². The first-order valence-corrected chi connectivity index (χ1v) is 5.87. The lowest BCUT2D eigenvalue weighted by molar-refractivity contribution is -0.138. The molecule has 94 valence electrons. The van der Waals surface area contributed by atoms with E-state index in [2.05, 4.69) is 15.9 Å². The van der Waals surface area contributed by atoms with Crippen LogP contribution in [0.2, 0.25) is 0 Å². The van der Waals surface area contributed by atoms with Gasteiger partial charge in [-0.25, -0.2) is 0 Å². The van der Waals surface area contributed by atoms with Crippen LogP contribution >= 0.6 is 15.9 Å². The van der Waals surface area contributed by atoms with Gasteiger partial charge in [0.05, 0.1) is 20.1 Å². The zero-order valence-electron chi connectivity index (χ0n) is 10.2. The number of carboxylic acids is 1. The Morgan fingerprint density at radius 3 is 2.29 bits per heavy atom. The average molecular weight is 303 g/mol. The third-order valence-corrected chi connectivity index (χ3v) is 3.52. The first-order valence-electron chi connectivity index (χ1n) is 5.07. The Labute approximate surface area is 109 Å². The Morgan fingerprint density at radius 2 is 1.88 bits per heavy atom. The van der Waals surface area contributed by atoms with E-state index in [1.54, 1.807) is 13.0 Å². The predicted molar refractivity (Wildman–Crippen MR) is 68.0 cm³/mol. The molecule has 0 amide bonds. The molecule has 1 aromatic carbocycles. The smallest absolute Gasteiger partial charge is 0.310 e. The quantitative estimate of drug-likeness (QED) is 0.929. The van der Waals surface area contributed by atoms with E-state index in [1.165, 1.54) is 14.2 Å². The van der Waals surface area contributed by atoms with E-state index in [-0.39, 0.29) is 0 Å². The van der Waals surface area contributed by atoms with Gasteiger partial charge in [-0.3, -0.25) is 4.79 Å². The highest BCUT2D eigenvalue weighted by molar-refractivity contribution is 9.10. The first-order chi connectivity index (χ1) is 7.93. The summed E-state index contributed by atoms with van der Waals surface area (Å²) < 4.78 is 11.3. The van der Waals surface area contributed by atoms with Gasteiger partial charge in [0.2, 0.25) is 0 Å². The molecule has 0 radical (unpaired) electrons. The Balaban J connectivity index is 3.49. The van der Waals surface area contributed by atoms with Crippen molar-refractivity contribution in [2.24, 2.45) is 0 Å². The fourth-order valence-electron chi connectivity index (χ4n) is 1.63. The molecule has 0 saturated heterocycles. The highest BCUT2D eigenvalue weighted by Crippen LogP contribution is 2.41. The maximum atomic E-state index is 11.1. The maximum absolute atomic E-state index is 11.1. The van der Waals surface area contributed by atoms with E-state index < -0.39 is 11.9 Å². The molecule has 1 unspecified atom stereocenters. The van der Waals surface area contributed by atoms with Crippen molar-refractivity contribution in [3.8, 4) is 11.5 Å². The van der Waals surface area contributed by atoms with Crippen LogP contribution in [-0.4, -0.2) is 25.3 Å². The van der Waals surface area contributed by atoms with Gasteiger partial charge >= 0.3 is 5.97 Å². The van der Waals surface area contributed by atoms with Crippen molar-refractivity contribution in [3.63, 3.8) is 0 Å². The number of hydrogen-bond donors (Lipinski definition) is 1. The summed E-state index contributed by atoms with van der Waals surface area (Å²) in [5, 5.41) is 9.07. The van der Waals surface area contributed by atoms with Gasteiger partial charge in [-0.05, 0) is 19.9 Å². The first kappa shape index (κ1) is 13.8. The molecule has 0 aliphatic carbocycles. The molecular formula is C12H15BrO4. The minimum absolute atomic E-state index is 0.475. The van der Waals surface area contributed by atoms with Crippen LogP contribution in [0.5, 0.6) is 11.5 Å². The molecule has 0 spiro atoms. The van der Waals surface area contributed by atoms with Gasteiger partial charge in [-0.2, -0.15) is 0 Å². The van der Waals surface area contributed by atoms with Gasteiger partial charge in [0.15, 0.2) is 11.5 Å². The molecule has 0 aliphatic rings. The van der Waals surface area contributed by atoms with Crippen LogP contribution in [-0.2, 0) is 4.79 Å². The third kappa shape index (κ3) is 2.54. The second-order valence-corrected chi connectivity index (χ2v) is 4.55. The molecule has 17 heavy (non-hydrogen) atoms. The van der Waals surface area contributed by atoms with Crippen molar-refractivity contribution < 1.29 is 19.4 Å². The van der Waals surface area contributed by atoms with Crippen molar-refractivity contribution >= 4 is 21.9 Å². The zero-order valence-corrected chi connectivity index (χ0v) is 11.8. The molecule has 0 bridgehead atoms. The number of ether oxygens (including phenoxy) is 2. The molecule has 4 nitrogen and oxygen atoms in total. The summed E-state index contributed by atoms with van der Waals surface area (Å²) in [4.78, 5) is 11.1. The predicted octanol–water partition coefficient (Wildman–Crippen LogP) is 2.96. The molecule has 0 aromatic heterocycles. The summed E-state index contributed by atoms with van der Waals surface area (Å²) in [6, 6.07) is 1.76. The fourth-order valence-corrected chi connectivity index (χ4v) is 2.06. The number of carbonyl (C=O) groups is 1.